The molecule has 0 aliphatic rings. The normalized spacial score (nSPS) is 11.8. The van der Waals surface area contributed by atoms with Crippen molar-refractivity contribution in [2.75, 3.05) is 0 Å². The zero-order valence-corrected chi connectivity index (χ0v) is 11.6. The average Bonchev–Trinajstić information content (AvgIpc) is 2.78. The molecule has 3 heteroatoms. The predicted octanol–water partition coefficient (Wildman–Crippen LogP) is 2.94. The lowest BCUT2D eigenvalue weighted by Crippen LogP contribution is -2.31. The van der Waals surface area contributed by atoms with Crippen LogP contribution in [-0.2, 0) is 12.0 Å². The zero-order valence-electron chi connectivity index (χ0n) is 11.6. The van der Waals surface area contributed by atoms with Crippen molar-refractivity contribution in [1.82, 2.24) is 9.55 Å². The Morgan fingerprint density at radius 2 is 2.06 bits per heavy atom. The fraction of sp³-hybridized carbons (Fsp3) is 0.400. The number of aryl methyl sites for hydroxylation is 2. The highest BCUT2D eigenvalue weighted by Crippen LogP contribution is 2.22. The zero-order chi connectivity index (χ0) is 13.3. The molecule has 1 heterocycles. The van der Waals surface area contributed by atoms with Gasteiger partial charge in [0.15, 0.2) is 0 Å². The highest BCUT2D eigenvalue weighted by Gasteiger charge is 2.19. The van der Waals surface area contributed by atoms with Crippen molar-refractivity contribution in [3.63, 3.8) is 0 Å². The topological polar surface area (TPSA) is 43.8 Å². The standard InChI is InChI=1S/C15H21N3/c1-5-12-8-13(7-6-11(12)2)18-10-17-9-14(18)15(3,4)16/h6-10H,5,16H2,1-4H3. The second-order valence-corrected chi connectivity index (χ2v) is 5.33. The number of imidazole rings is 1. The lowest BCUT2D eigenvalue weighted by atomic mass is 10.0. The van der Waals surface area contributed by atoms with Crippen molar-refractivity contribution in [3.05, 3.63) is 47.5 Å². The van der Waals surface area contributed by atoms with Gasteiger partial charge in [-0.25, -0.2) is 4.98 Å². The van der Waals surface area contributed by atoms with E-state index in [1.54, 1.807) is 0 Å². The van der Waals surface area contributed by atoms with Gasteiger partial charge in [-0.15, -0.1) is 0 Å². The summed E-state index contributed by atoms with van der Waals surface area (Å²) in [5, 5.41) is 0. The van der Waals surface area contributed by atoms with E-state index in [1.807, 2.05) is 26.4 Å². The molecule has 0 fully saturated rings. The maximum atomic E-state index is 6.18. The third kappa shape index (κ3) is 2.31. The van der Waals surface area contributed by atoms with Crippen LogP contribution in [0.25, 0.3) is 5.69 Å². The number of rotatable bonds is 3. The summed E-state index contributed by atoms with van der Waals surface area (Å²) in [6, 6.07) is 6.49. The van der Waals surface area contributed by atoms with E-state index in [1.165, 1.54) is 11.1 Å². The van der Waals surface area contributed by atoms with Crippen LogP contribution in [0, 0.1) is 6.92 Å². The van der Waals surface area contributed by atoms with Crippen molar-refractivity contribution < 1.29 is 0 Å². The molecule has 0 aliphatic heterocycles. The van der Waals surface area contributed by atoms with Crippen LogP contribution in [0.5, 0.6) is 0 Å². The molecule has 18 heavy (non-hydrogen) atoms. The van der Waals surface area contributed by atoms with Crippen LogP contribution in [0.1, 0.15) is 37.6 Å². The van der Waals surface area contributed by atoms with E-state index < -0.39 is 5.54 Å². The molecule has 2 rings (SSSR count). The Morgan fingerprint density at radius 3 is 2.67 bits per heavy atom. The Labute approximate surface area is 109 Å². The molecule has 0 bridgehead atoms. The quantitative estimate of drug-likeness (QED) is 0.900. The Kier molecular flexibility index (Phi) is 3.26. The molecule has 0 saturated heterocycles. The maximum Gasteiger partial charge on any atom is 0.0994 e. The molecule has 0 amide bonds. The van der Waals surface area contributed by atoms with Crippen molar-refractivity contribution >= 4 is 0 Å². The summed E-state index contributed by atoms with van der Waals surface area (Å²) in [5.74, 6) is 0. The minimum atomic E-state index is -0.395. The number of benzene rings is 1. The first-order chi connectivity index (χ1) is 8.43. The van der Waals surface area contributed by atoms with Crippen LogP contribution in [-0.4, -0.2) is 9.55 Å². The number of hydrogen-bond donors (Lipinski definition) is 1. The molecule has 0 radical (unpaired) electrons. The fourth-order valence-corrected chi connectivity index (χ4v) is 2.17. The van der Waals surface area contributed by atoms with Gasteiger partial charge in [-0.1, -0.05) is 13.0 Å². The molecule has 1 aromatic heterocycles. The van der Waals surface area contributed by atoms with Gasteiger partial charge in [-0.05, 0) is 50.5 Å². The van der Waals surface area contributed by atoms with Crippen LogP contribution in [0.2, 0.25) is 0 Å². The molecular weight excluding hydrogens is 222 g/mol. The minimum absolute atomic E-state index is 0.395. The SMILES string of the molecule is CCc1cc(-n2cncc2C(C)(C)N)ccc1C. The van der Waals surface area contributed by atoms with Gasteiger partial charge in [0, 0.05) is 5.69 Å². The summed E-state index contributed by atoms with van der Waals surface area (Å²) >= 11 is 0. The van der Waals surface area contributed by atoms with Crippen LogP contribution in [0.15, 0.2) is 30.7 Å². The lowest BCUT2D eigenvalue weighted by Gasteiger charge is -2.21. The van der Waals surface area contributed by atoms with Gasteiger partial charge >= 0.3 is 0 Å². The van der Waals surface area contributed by atoms with Crippen molar-refractivity contribution in [2.45, 2.75) is 39.7 Å². The molecule has 0 aliphatic carbocycles. The molecule has 0 unspecified atom stereocenters. The smallest absolute Gasteiger partial charge is 0.0994 e. The second-order valence-electron chi connectivity index (χ2n) is 5.33. The molecule has 1 aromatic carbocycles. The maximum absolute atomic E-state index is 6.18. The number of nitrogens with zero attached hydrogens (tertiary/aromatic N) is 2. The van der Waals surface area contributed by atoms with Gasteiger partial charge in [-0.3, -0.25) is 0 Å². The molecular formula is C15H21N3. The first-order valence-corrected chi connectivity index (χ1v) is 6.35. The van der Waals surface area contributed by atoms with Crippen LogP contribution < -0.4 is 5.73 Å². The Bertz CT molecular complexity index is 547. The van der Waals surface area contributed by atoms with Gasteiger partial charge in [0.1, 0.15) is 0 Å². The average molecular weight is 243 g/mol. The van der Waals surface area contributed by atoms with Gasteiger partial charge < -0.3 is 10.3 Å². The summed E-state index contributed by atoms with van der Waals surface area (Å²) in [6.07, 6.45) is 4.70. The van der Waals surface area contributed by atoms with Gasteiger partial charge in [0.2, 0.25) is 0 Å². The van der Waals surface area contributed by atoms with Gasteiger partial charge in [0.05, 0.1) is 23.8 Å². The predicted molar refractivity (Wildman–Crippen MR) is 74.9 cm³/mol. The third-order valence-corrected chi connectivity index (χ3v) is 3.29. The molecule has 0 spiro atoms. The van der Waals surface area contributed by atoms with Crippen LogP contribution >= 0.6 is 0 Å². The first-order valence-electron chi connectivity index (χ1n) is 6.35. The van der Waals surface area contributed by atoms with Crippen molar-refractivity contribution in [1.29, 1.82) is 0 Å². The number of nitrogens with two attached hydrogens (primary N) is 1. The molecule has 2 N–H and O–H groups in total. The molecule has 2 aromatic rings. The van der Waals surface area contributed by atoms with E-state index in [0.717, 1.165) is 17.8 Å². The number of hydrogen-bond acceptors (Lipinski definition) is 2. The Morgan fingerprint density at radius 1 is 1.33 bits per heavy atom. The van der Waals surface area contributed by atoms with E-state index in [9.17, 15) is 0 Å². The van der Waals surface area contributed by atoms with E-state index in [0.29, 0.717) is 0 Å². The molecule has 0 saturated carbocycles. The monoisotopic (exact) mass is 243 g/mol. The largest absolute Gasteiger partial charge is 0.321 e. The summed E-state index contributed by atoms with van der Waals surface area (Å²) in [4.78, 5) is 4.23. The molecule has 3 nitrogen and oxygen atoms in total. The van der Waals surface area contributed by atoms with Crippen LogP contribution in [0.4, 0.5) is 0 Å². The van der Waals surface area contributed by atoms with Gasteiger partial charge in [-0.2, -0.15) is 0 Å². The summed E-state index contributed by atoms with van der Waals surface area (Å²) in [7, 11) is 0. The first kappa shape index (κ1) is 12.8. The highest BCUT2D eigenvalue weighted by atomic mass is 15.1. The Balaban J connectivity index is 2.53. The van der Waals surface area contributed by atoms with Crippen molar-refractivity contribution in [3.8, 4) is 5.69 Å². The minimum Gasteiger partial charge on any atom is -0.321 e. The van der Waals surface area contributed by atoms with E-state index in [-0.39, 0.29) is 0 Å². The van der Waals surface area contributed by atoms with E-state index in [2.05, 4.69) is 41.6 Å². The summed E-state index contributed by atoms with van der Waals surface area (Å²) in [5.41, 5.74) is 10.6. The Hall–Kier alpha value is -1.61. The third-order valence-electron chi connectivity index (χ3n) is 3.29. The van der Waals surface area contributed by atoms with Gasteiger partial charge in [0.25, 0.3) is 0 Å². The number of aromatic nitrogens is 2. The molecule has 0 atom stereocenters. The highest BCUT2D eigenvalue weighted by molar-refractivity contribution is 5.42. The van der Waals surface area contributed by atoms with E-state index >= 15 is 0 Å². The molecule has 96 valence electrons. The van der Waals surface area contributed by atoms with Crippen LogP contribution in [0.3, 0.4) is 0 Å². The summed E-state index contributed by atoms with van der Waals surface area (Å²) < 4.78 is 2.07. The fourth-order valence-electron chi connectivity index (χ4n) is 2.17. The lowest BCUT2D eigenvalue weighted by molar-refractivity contribution is 0.524. The van der Waals surface area contributed by atoms with E-state index in [4.69, 9.17) is 5.73 Å². The summed E-state index contributed by atoms with van der Waals surface area (Å²) in [6.45, 7) is 8.31. The van der Waals surface area contributed by atoms with Crippen molar-refractivity contribution in [2.24, 2.45) is 5.73 Å². The second kappa shape index (κ2) is 4.58.